The van der Waals surface area contributed by atoms with Crippen molar-refractivity contribution in [2.75, 3.05) is 13.1 Å². The summed E-state index contributed by atoms with van der Waals surface area (Å²) in [5.41, 5.74) is 7.53. The van der Waals surface area contributed by atoms with Gasteiger partial charge in [-0.05, 0) is 31.0 Å². The number of benzene rings is 1. The SMILES string of the molecule is NC(=O)N1CC(NC(=O)c2ccc3nc(C4CC4)[nH]c3c2)C1. The van der Waals surface area contributed by atoms with Crippen LogP contribution in [0, 0.1) is 0 Å². The highest BCUT2D eigenvalue weighted by Crippen LogP contribution is 2.39. The van der Waals surface area contributed by atoms with Crippen LogP contribution in [0.3, 0.4) is 0 Å². The maximum absolute atomic E-state index is 12.2. The van der Waals surface area contributed by atoms with Crippen molar-refractivity contribution < 1.29 is 9.59 Å². The minimum absolute atomic E-state index is 0.0283. The molecule has 7 nitrogen and oxygen atoms in total. The summed E-state index contributed by atoms with van der Waals surface area (Å²) in [7, 11) is 0. The lowest BCUT2D eigenvalue weighted by Crippen LogP contribution is -2.62. The van der Waals surface area contributed by atoms with Gasteiger partial charge in [-0.1, -0.05) is 0 Å². The molecular formula is C15H17N5O2. The van der Waals surface area contributed by atoms with Gasteiger partial charge in [-0.3, -0.25) is 4.79 Å². The van der Waals surface area contributed by atoms with Crippen molar-refractivity contribution in [3.63, 3.8) is 0 Å². The topological polar surface area (TPSA) is 104 Å². The van der Waals surface area contributed by atoms with Crippen LogP contribution in [-0.4, -0.2) is 45.9 Å². The van der Waals surface area contributed by atoms with E-state index in [1.807, 2.05) is 12.1 Å². The van der Waals surface area contributed by atoms with Crippen LogP contribution in [0.4, 0.5) is 4.79 Å². The van der Waals surface area contributed by atoms with E-state index >= 15 is 0 Å². The Bertz CT molecular complexity index is 758. The summed E-state index contributed by atoms with van der Waals surface area (Å²) in [5, 5.41) is 2.90. The van der Waals surface area contributed by atoms with E-state index in [2.05, 4.69) is 15.3 Å². The Morgan fingerprint density at radius 1 is 1.32 bits per heavy atom. The number of nitrogens with two attached hydrogens (primary N) is 1. The van der Waals surface area contributed by atoms with Crippen LogP contribution in [0.15, 0.2) is 18.2 Å². The van der Waals surface area contributed by atoms with Crippen LogP contribution < -0.4 is 11.1 Å². The average Bonchev–Trinajstić information content (AvgIpc) is 3.20. The van der Waals surface area contributed by atoms with Gasteiger partial charge in [-0.2, -0.15) is 0 Å². The number of H-pyrrole nitrogens is 1. The number of primary amides is 1. The normalized spacial score (nSPS) is 18.3. The quantitative estimate of drug-likeness (QED) is 0.785. The van der Waals surface area contributed by atoms with Gasteiger partial charge in [0.25, 0.3) is 5.91 Å². The summed E-state index contributed by atoms with van der Waals surface area (Å²) in [5.74, 6) is 1.43. The number of nitrogens with one attached hydrogen (secondary N) is 2. The van der Waals surface area contributed by atoms with E-state index in [1.54, 1.807) is 6.07 Å². The molecule has 1 aliphatic carbocycles. The molecule has 0 bridgehead atoms. The highest BCUT2D eigenvalue weighted by molar-refractivity contribution is 5.97. The maximum atomic E-state index is 12.2. The van der Waals surface area contributed by atoms with E-state index < -0.39 is 6.03 Å². The first kappa shape index (κ1) is 13.1. The molecule has 0 radical (unpaired) electrons. The number of carbonyl (C=O) groups is 2. The number of hydrogen-bond acceptors (Lipinski definition) is 3. The number of nitrogens with zero attached hydrogens (tertiary/aromatic N) is 2. The Balaban J connectivity index is 1.46. The zero-order valence-electron chi connectivity index (χ0n) is 12.0. The van der Waals surface area contributed by atoms with Crippen molar-refractivity contribution in [2.45, 2.75) is 24.8 Å². The highest BCUT2D eigenvalue weighted by Gasteiger charge is 2.30. The van der Waals surface area contributed by atoms with Crippen molar-refractivity contribution >= 4 is 23.0 Å². The van der Waals surface area contributed by atoms with E-state index in [1.165, 1.54) is 17.7 Å². The summed E-state index contributed by atoms with van der Waals surface area (Å²) in [6.07, 6.45) is 2.37. The monoisotopic (exact) mass is 299 g/mol. The van der Waals surface area contributed by atoms with Gasteiger partial charge in [0, 0.05) is 24.6 Å². The molecule has 1 aliphatic heterocycles. The van der Waals surface area contributed by atoms with E-state index in [0.717, 1.165) is 16.9 Å². The van der Waals surface area contributed by atoms with Gasteiger partial charge in [0.05, 0.1) is 17.1 Å². The van der Waals surface area contributed by atoms with Gasteiger partial charge in [-0.25, -0.2) is 9.78 Å². The first-order chi connectivity index (χ1) is 10.6. The Morgan fingerprint density at radius 3 is 2.77 bits per heavy atom. The molecule has 0 atom stereocenters. The molecule has 1 aromatic heterocycles. The molecular weight excluding hydrogens is 282 g/mol. The van der Waals surface area contributed by atoms with Gasteiger partial charge in [0.1, 0.15) is 5.82 Å². The van der Waals surface area contributed by atoms with Gasteiger partial charge >= 0.3 is 6.03 Å². The fourth-order valence-corrected chi connectivity index (χ4v) is 2.74. The zero-order valence-corrected chi connectivity index (χ0v) is 12.0. The predicted molar refractivity (Wildman–Crippen MR) is 80.5 cm³/mol. The van der Waals surface area contributed by atoms with E-state index in [9.17, 15) is 9.59 Å². The fraction of sp³-hybridized carbons (Fsp3) is 0.400. The first-order valence-electron chi connectivity index (χ1n) is 7.45. The number of rotatable bonds is 3. The third-order valence-electron chi connectivity index (χ3n) is 4.25. The number of likely N-dealkylation sites (tertiary alicyclic amines) is 1. The second-order valence-corrected chi connectivity index (χ2v) is 6.04. The van der Waals surface area contributed by atoms with Crippen LogP contribution in [0.1, 0.15) is 34.9 Å². The van der Waals surface area contributed by atoms with E-state index in [0.29, 0.717) is 24.6 Å². The van der Waals surface area contributed by atoms with Gasteiger partial charge < -0.3 is 20.9 Å². The van der Waals surface area contributed by atoms with Crippen molar-refractivity contribution in [1.82, 2.24) is 20.2 Å². The zero-order chi connectivity index (χ0) is 15.3. The van der Waals surface area contributed by atoms with E-state index in [-0.39, 0.29) is 11.9 Å². The molecule has 7 heteroatoms. The largest absolute Gasteiger partial charge is 0.351 e. The molecule has 2 aliphatic rings. The van der Waals surface area contributed by atoms with Crippen LogP contribution in [0.25, 0.3) is 11.0 Å². The number of carbonyl (C=O) groups excluding carboxylic acids is 2. The third-order valence-corrected chi connectivity index (χ3v) is 4.25. The highest BCUT2D eigenvalue weighted by atomic mass is 16.2. The number of hydrogen-bond donors (Lipinski definition) is 3. The number of aromatic amines is 1. The standard InChI is InChI=1S/C15H17N5O2/c16-15(22)20-6-10(7-20)17-14(21)9-3-4-11-12(5-9)19-13(18-11)8-1-2-8/h3-5,8,10H,1-2,6-7H2,(H2,16,22)(H,17,21)(H,18,19). The number of aromatic nitrogens is 2. The molecule has 0 spiro atoms. The summed E-state index contributed by atoms with van der Waals surface area (Å²) in [6.45, 7) is 0.943. The summed E-state index contributed by atoms with van der Waals surface area (Å²) in [4.78, 5) is 32.5. The third kappa shape index (κ3) is 2.28. The number of fused-ring (bicyclic) bond motifs is 1. The fourth-order valence-electron chi connectivity index (χ4n) is 2.74. The minimum atomic E-state index is -0.447. The summed E-state index contributed by atoms with van der Waals surface area (Å²) < 4.78 is 0. The van der Waals surface area contributed by atoms with Crippen molar-refractivity contribution in [2.24, 2.45) is 5.73 Å². The van der Waals surface area contributed by atoms with Crippen molar-refractivity contribution in [1.29, 1.82) is 0 Å². The lowest BCUT2D eigenvalue weighted by molar-refractivity contribution is 0.0861. The van der Waals surface area contributed by atoms with Gasteiger partial charge in [0.15, 0.2) is 0 Å². The summed E-state index contributed by atoms with van der Waals surface area (Å²) in [6, 6.07) is 4.99. The molecule has 1 saturated carbocycles. The second-order valence-electron chi connectivity index (χ2n) is 6.04. The smallest absolute Gasteiger partial charge is 0.314 e. The molecule has 1 saturated heterocycles. The second kappa shape index (κ2) is 4.72. The molecule has 114 valence electrons. The Labute approximate surface area is 126 Å². The average molecular weight is 299 g/mol. The molecule has 0 unspecified atom stereocenters. The number of amides is 3. The Hall–Kier alpha value is -2.57. The molecule has 2 aromatic rings. The van der Waals surface area contributed by atoms with Crippen LogP contribution in [0.5, 0.6) is 0 Å². The Morgan fingerprint density at radius 2 is 2.09 bits per heavy atom. The molecule has 1 aromatic carbocycles. The molecule has 22 heavy (non-hydrogen) atoms. The molecule has 4 rings (SSSR count). The number of imidazole rings is 1. The molecule has 4 N–H and O–H groups in total. The van der Waals surface area contributed by atoms with Crippen LogP contribution in [-0.2, 0) is 0 Å². The molecule has 3 amide bonds. The molecule has 2 fully saturated rings. The van der Waals surface area contributed by atoms with Gasteiger partial charge in [-0.15, -0.1) is 0 Å². The lowest BCUT2D eigenvalue weighted by atomic mass is 10.1. The minimum Gasteiger partial charge on any atom is -0.351 e. The van der Waals surface area contributed by atoms with Crippen LogP contribution in [0.2, 0.25) is 0 Å². The number of urea groups is 1. The predicted octanol–water partition coefficient (Wildman–Crippen LogP) is 0.933. The molecule has 2 heterocycles. The van der Waals surface area contributed by atoms with Crippen molar-refractivity contribution in [3.8, 4) is 0 Å². The van der Waals surface area contributed by atoms with Gasteiger partial charge in [0.2, 0.25) is 0 Å². The van der Waals surface area contributed by atoms with E-state index in [4.69, 9.17) is 5.73 Å². The summed E-state index contributed by atoms with van der Waals surface area (Å²) >= 11 is 0. The van der Waals surface area contributed by atoms with Crippen LogP contribution >= 0.6 is 0 Å². The first-order valence-corrected chi connectivity index (χ1v) is 7.45. The van der Waals surface area contributed by atoms with Crippen molar-refractivity contribution in [3.05, 3.63) is 29.6 Å². The maximum Gasteiger partial charge on any atom is 0.314 e. The Kier molecular flexibility index (Phi) is 2.82. The lowest BCUT2D eigenvalue weighted by Gasteiger charge is -2.38.